The summed E-state index contributed by atoms with van der Waals surface area (Å²) >= 11 is 0. The summed E-state index contributed by atoms with van der Waals surface area (Å²) in [6.07, 6.45) is 23.5. The number of hydrogen-bond donors (Lipinski definition) is 0. The Bertz CT molecular complexity index is 947. The quantitative estimate of drug-likeness (QED) is 0.278. The molecule has 182 valence electrons. The molecule has 2 aromatic carbocycles. The van der Waals surface area contributed by atoms with Crippen molar-refractivity contribution >= 4 is 0 Å². The first-order chi connectivity index (χ1) is 16.5. The van der Waals surface area contributed by atoms with Gasteiger partial charge in [0.15, 0.2) is 0 Å². The van der Waals surface area contributed by atoms with E-state index in [9.17, 15) is 4.39 Å². The molecule has 0 spiro atoms. The van der Waals surface area contributed by atoms with E-state index in [-0.39, 0.29) is 5.82 Å². The van der Waals surface area contributed by atoms with Gasteiger partial charge in [-0.05, 0) is 111 Å². The van der Waals surface area contributed by atoms with E-state index >= 15 is 0 Å². The van der Waals surface area contributed by atoms with Crippen LogP contribution < -0.4 is 0 Å². The average molecular weight is 459 g/mol. The Kier molecular flexibility index (Phi) is 10.9. The van der Waals surface area contributed by atoms with Crippen LogP contribution in [0.2, 0.25) is 0 Å². The molecule has 0 bridgehead atoms. The summed E-state index contributed by atoms with van der Waals surface area (Å²) in [6.45, 7) is 6.62. The summed E-state index contributed by atoms with van der Waals surface area (Å²) in [5.74, 6) is 1.63. The topological polar surface area (TPSA) is 0 Å². The van der Waals surface area contributed by atoms with Gasteiger partial charge in [-0.3, -0.25) is 0 Å². The van der Waals surface area contributed by atoms with E-state index < -0.39 is 0 Å². The third-order valence-corrected chi connectivity index (χ3v) is 7.22. The molecule has 2 aromatic rings. The number of hydrogen-bond acceptors (Lipinski definition) is 0. The van der Waals surface area contributed by atoms with Crippen molar-refractivity contribution in [2.45, 2.75) is 84.5 Å². The fourth-order valence-electron chi connectivity index (χ4n) is 4.78. The molecule has 0 amide bonds. The van der Waals surface area contributed by atoms with Gasteiger partial charge in [-0.2, -0.15) is 0 Å². The molecule has 0 radical (unpaired) electrons. The monoisotopic (exact) mass is 458 g/mol. The van der Waals surface area contributed by atoms with Gasteiger partial charge < -0.3 is 0 Å². The number of aryl methyl sites for hydroxylation is 3. The standard InChI is InChI=1S/C33H43F/c1-4-5-7-10-26(2)13-14-27(3)31-21-17-29(18-22-31)19-23-32-24-20-30(25-33(32)34)16-15-28-11-8-6-9-12-28/h4-5,8,11,13-14,17-18,20-22,24-28H,6-7,9-10,12,15-16,19,23H2,1-3H3/b5-4+,14-13-. The highest BCUT2D eigenvalue weighted by Crippen LogP contribution is 2.24. The third-order valence-electron chi connectivity index (χ3n) is 7.22. The summed E-state index contributed by atoms with van der Waals surface area (Å²) in [6, 6.07) is 14.8. The molecule has 0 saturated carbocycles. The van der Waals surface area contributed by atoms with Crippen LogP contribution >= 0.6 is 0 Å². The zero-order valence-electron chi connectivity index (χ0n) is 21.5. The zero-order chi connectivity index (χ0) is 24.2. The Morgan fingerprint density at radius 1 is 0.971 bits per heavy atom. The Labute approximate surface area is 207 Å². The third kappa shape index (κ3) is 8.75. The minimum absolute atomic E-state index is 0.0457. The summed E-state index contributed by atoms with van der Waals surface area (Å²) in [4.78, 5) is 0. The molecule has 0 N–H and O–H groups in total. The molecule has 3 rings (SSSR count). The van der Waals surface area contributed by atoms with Crippen molar-refractivity contribution in [1.29, 1.82) is 0 Å². The Hall–Kier alpha value is -2.41. The van der Waals surface area contributed by atoms with E-state index in [0.29, 0.717) is 17.8 Å². The highest BCUT2D eigenvalue weighted by atomic mass is 19.1. The molecule has 3 atom stereocenters. The van der Waals surface area contributed by atoms with E-state index in [2.05, 4.69) is 87.6 Å². The van der Waals surface area contributed by atoms with Gasteiger partial charge in [0, 0.05) is 0 Å². The number of allylic oxidation sites excluding steroid dienone is 6. The summed E-state index contributed by atoms with van der Waals surface area (Å²) in [5, 5.41) is 0. The van der Waals surface area contributed by atoms with E-state index in [4.69, 9.17) is 0 Å². The lowest BCUT2D eigenvalue weighted by atomic mass is 9.90. The highest BCUT2D eigenvalue weighted by molar-refractivity contribution is 5.30. The van der Waals surface area contributed by atoms with Gasteiger partial charge in [0.1, 0.15) is 5.82 Å². The first kappa shape index (κ1) is 26.2. The number of rotatable bonds is 12. The molecule has 1 aliphatic rings. The molecule has 0 heterocycles. The molecule has 0 fully saturated rings. The SMILES string of the molecule is C/C=C/CCC(C)/C=C\C(C)c1ccc(CCc2ccc(CCC3C=CCCC3)cc2F)cc1. The lowest BCUT2D eigenvalue weighted by molar-refractivity contribution is 0.504. The Morgan fingerprint density at radius 2 is 1.76 bits per heavy atom. The van der Waals surface area contributed by atoms with Crippen LogP contribution in [0.4, 0.5) is 4.39 Å². The number of benzene rings is 2. The van der Waals surface area contributed by atoms with Crippen LogP contribution in [-0.2, 0) is 19.3 Å². The van der Waals surface area contributed by atoms with Crippen molar-refractivity contribution in [2.75, 3.05) is 0 Å². The van der Waals surface area contributed by atoms with Gasteiger partial charge in [0.2, 0.25) is 0 Å². The molecule has 0 nitrogen and oxygen atoms in total. The maximum absolute atomic E-state index is 14.7. The normalized spacial score (nSPS) is 18.1. The minimum atomic E-state index is -0.0457. The molecular formula is C33H43F. The second-order valence-corrected chi connectivity index (χ2v) is 10.1. The summed E-state index contributed by atoms with van der Waals surface area (Å²) in [5.41, 5.74) is 4.56. The predicted octanol–water partition coefficient (Wildman–Crippen LogP) is 9.55. The maximum atomic E-state index is 14.7. The van der Waals surface area contributed by atoms with Crippen LogP contribution in [-0.4, -0.2) is 0 Å². The van der Waals surface area contributed by atoms with Crippen LogP contribution in [0.25, 0.3) is 0 Å². The van der Waals surface area contributed by atoms with E-state index in [1.165, 1.54) is 36.8 Å². The van der Waals surface area contributed by atoms with Gasteiger partial charge in [-0.1, -0.05) is 86.7 Å². The van der Waals surface area contributed by atoms with Crippen molar-refractivity contribution in [2.24, 2.45) is 11.8 Å². The maximum Gasteiger partial charge on any atom is 0.126 e. The lowest BCUT2D eigenvalue weighted by Gasteiger charge is -2.16. The minimum Gasteiger partial charge on any atom is -0.207 e. The smallest absolute Gasteiger partial charge is 0.126 e. The van der Waals surface area contributed by atoms with Crippen LogP contribution in [0.1, 0.15) is 87.5 Å². The van der Waals surface area contributed by atoms with Gasteiger partial charge in [-0.25, -0.2) is 4.39 Å². The first-order valence-corrected chi connectivity index (χ1v) is 13.4. The molecule has 1 heteroatoms. The Balaban J connectivity index is 1.46. The van der Waals surface area contributed by atoms with E-state index in [0.717, 1.165) is 43.2 Å². The fraction of sp³-hybridized carbons (Fsp3) is 0.455. The Morgan fingerprint density at radius 3 is 2.47 bits per heavy atom. The summed E-state index contributed by atoms with van der Waals surface area (Å²) < 4.78 is 14.7. The molecule has 1 aliphatic carbocycles. The van der Waals surface area contributed by atoms with Crippen molar-refractivity contribution in [1.82, 2.24) is 0 Å². The molecular weight excluding hydrogens is 415 g/mol. The lowest BCUT2D eigenvalue weighted by Crippen LogP contribution is -2.03. The van der Waals surface area contributed by atoms with Gasteiger partial charge in [0.25, 0.3) is 0 Å². The predicted molar refractivity (Wildman–Crippen MR) is 146 cm³/mol. The highest BCUT2D eigenvalue weighted by Gasteiger charge is 2.10. The van der Waals surface area contributed by atoms with Crippen molar-refractivity contribution < 1.29 is 4.39 Å². The van der Waals surface area contributed by atoms with Gasteiger partial charge in [-0.15, -0.1) is 0 Å². The molecule has 0 aliphatic heterocycles. The molecule has 34 heavy (non-hydrogen) atoms. The van der Waals surface area contributed by atoms with Crippen LogP contribution in [0.15, 0.2) is 78.9 Å². The van der Waals surface area contributed by atoms with Crippen LogP contribution in [0.3, 0.4) is 0 Å². The van der Waals surface area contributed by atoms with Crippen molar-refractivity contribution in [3.8, 4) is 0 Å². The van der Waals surface area contributed by atoms with Crippen molar-refractivity contribution in [3.05, 3.63) is 107 Å². The average Bonchev–Trinajstić information content (AvgIpc) is 2.86. The van der Waals surface area contributed by atoms with E-state index in [1.54, 1.807) is 6.07 Å². The number of halogens is 1. The van der Waals surface area contributed by atoms with Crippen LogP contribution in [0.5, 0.6) is 0 Å². The second-order valence-electron chi connectivity index (χ2n) is 10.1. The molecule has 3 unspecified atom stereocenters. The largest absolute Gasteiger partial charge is 0.207 e. The van der Waals surface area contributed by atoms with E-state index in [1.807, 2.05) is 6.07 Å². The van der Waals surface area contributed by atoms with Gasteiger partial charge >= 0.3 is 0 Å². The van der Waals surface area contributed by atoms with Gasteiger partial charge in [0.05, 0.1) is 0 Å². The molecule has 0 saturated heterocycles. The first-order valence-electron chi connectivity index (χ1n) is 13.4. The summed E-state index contributed by atoms with van der Waals surface area (Å²) in [7, 11) is 0. The fourth-order valence-corrected chi connectivity index (χ4v) is 4.78. The zero-order valence-corrected chi connectivity index (χ0v) is 21.5. The van der Waals surface area contributed by atoms with Crippen LogP contribution in [0, 0.1) is 17.7 Å². The second kappa shape index (κ2) is 14.1. The molecule has 0 aromatic heterocycles. The van der Waals surface area contributed by atoms with Crippen molar-refractivity contribution in [3.63, 3.8) is 0 Å².